The molecule has 0 spiro atoms. The number of hydrogen-bond acceptors (Lipinski definition) is 8. The van der Waals surface area contributed by atoms with Crippen molar-refractivity contribution in [3.05, 3.63) is 18.2 Å². The molecular formula is C23H34N6O8. The van der Waals surface area contributed by atoms with E-state index < -0.39 is 72.0 Å². The highest BCUT2D eigenvalue weighted by Crippen LogP contribution is 2.15. The molecular weight excluding hydrogens is 488 g/mol. The monoisotopic (exact) mass is 524 g/mol. The molecule has 8 N–H and O–H groups in total. The van der Waals surface area contributed by atoms with E-state index in [4.69, 9.17) is 17.9 Å². The summed E-state index contributed by atoms with van der Waals surface area (Å²) in [4.78, 5) is 90.1. The topological polar surface area (TPSA) is 244 Å². The van der Waals surface area contributed by atoms with Crippen molar-refractivity contribution in [2.75, 3.05) is 0 Å². The second-order valence-corrected chi connectivity index (χ2v) is 8.69. The number of imidazole rings is 1. The third-order valence-electron chi connectivity index (χ3n) is 5.71. The van der Waals surface area contributed by atoms with E-state index in [0.717, 1.165) is 0 Å². The van der Waals surface area contributed by atoms with Crippen molar-refractivity contribution < 1.29 is 40.0 Å². The smallest absolute Gasteiger partial charge is 0.303 e. The summed E-state index contributed by atoms with van der Waals surface area (Å²) in [6.07, 6.45) is 0.323. The standard InChI is InChI=1S/C23H34N6O8/c1-13(4-7-20(33)34)23(37)29-16(18(31)9-14(21(24)35)3-2-8-30)5-6-19(32)28-17(22(25)36)10-15-11-26-12-27-15/h8,11-14,16-17H,2-7,9-10H2,1H3,(H2,24,35)(H2,25,36)(H,26,27)(H,28,32)(H,29,37)(H,33,34)/i8T. The van der Waals surface area contributed by atoms with Gasteiger partial charge in [0.05, 0.1) is 12.4 Å². The number of nitrogens with zero attached hydrogens (tertiary/aromatic N) is 1. The van der Waals surface area contributed by atoms with Gasteiger partial charge in [0.1, 0.15) is 13.7 Å². The molecule has 0 fully saturated rings. The zero-order valence-electron chi connectivity index (χ0n) is 21.5. The molecule has 37 heavy (non-hydrogen) atoms. The highest BCUT2D eigenvalue weighted by molar-refractivity contribution is 5.93. The molecule has 0 aliphatic heterocycles. The average molecular weight is 525 g/mol. The summed E-state index contributed by atoms with van der Waals surface area (Å²) in [6.45, 7) is 1.48. The van der Waals surface area contributed by atoms with Crippen molar-refractivity contribution in [2.24, 2.45) is 23.3 Å². The SMILES string of the molecule is [3H]C(=O)CCC(CC(=O)C(CCC(=O)NC(Cc1cnc[nH]1)C(N)=O)NC(=O)C(C)CCC(=O)O)C(N)=O. The maximum absolute atomic E-state index is 13.0. The van der Waals surface area contributed by atoms with E-state index in [2.05, 4.69) is 20.6 Å². The summed E-state index contributed by atoms with van der Waals surface area (Å²) >= 11 is 0. The number of aldehydes is 1. The van der Waals surface area contributed by atoms with E-state index in [1.165, 1.54) is 19.4 Å². The largest absolute Gasteiger partial charge is 0.481 e. The van der Waals surface area contributed by atoms with Crippen molar-refractivity contribution in [1.29, 1.82) is 0 Å². The van der Waals surface area contributed by atoms with Crippen LogP contribution in [-0.4, -0.2) is 68.8 Å². The molecule has 14 heteroatoms. The fourth-order valence-electron chi connectivity index (χ4n) is 3.44. The minimum atomic E-state index is -1.24. The normalized spacial score (nSPS) is 14.4. The number of hydrogen-bond donors (Lipinski definition) is 6. The van der Waals surface area contributed by atoms with Gasteiger partial charge in [-0.15, -0.1) is 0 Å². The zero-order chi connectivity index (χ0) is 28.8. The summed E-state index contributed by atoms with van der Waals surface area (Å²) in [5.41, 5.74) is 11.2. The minimum Gasteiger partial charge on any atom is -0.481 e. The van der Waals surface area contributed by atoms with E-state index >= 15 is 0 Å². The van der Waals surface area contributed by atoms with Gasteiger partial charge in [0.15, 0.2) is 5.78 Å². The molecule has 0 aliphatic carbocycles. The third-order valence-corrected chi connectivity index (χ3v) is 5.71. The van der Waals surface area contributed by atoms with E-state index in [9.17, 15) is 33.6 Å². The van der Waals surface area contributed by atoms with Gasteiger partial charge in [-0.3, -0.25) is 28.8 Å². The number of amides is 4. The molecule has 1 heterocycles. The lowest BCUT2D eigenvalue weighted by atomic mass is 9.91. The molecule has 4 atom stereocenters. The van der Waals surface area contributed by atoms with Gasteiger partial charge in [-0.1, -0.05) is 6.92 Å². The summed E-state index contributed by atoms with van der Waals surface area (Å²) in [5.74, 6) is -6.49. The second kappa shape index (κ2) is 15.8. The van der Waals surface area contributed by atoms with Crippen LogP contribution in [0.25, 0.3) is 0 Å². The number of carboxylic acid groups (broad SMARTS) is 1. The predicted octanol–water partition coefficient (Wildman–Crippen LogP) is -1.27. The zero-order valence-corrected chi connectivity index (χ0v) is 20.5. The molecule has 1 aromatic rings. The lowest BCUT2D eigenvalue weighted by molar-refractivity contribution is -0.138. The van der Waals surface area contributed by atoms with Crippen molar-refractivity contribution in [1.82, 2.24) is 20.6 Å². The fourth-order valence-corrected chi connectivity index (χ4v) is 3.44. The Kier molecular flexibility index (Phi) is 12.4. The molecule has 1 aromatic heterocycles. The van der Waals surface area contributed by atoms with Gasteiger partial charge >= 0.3 is 5.97 Å². The maximum Gasteiger partial charge on any atom is 0.303 e. The Morgan fingerprint density at radius 2 is 1.78 bits per heavy atom. The number of aromatic nitrogens is 2. The van der Waals surface area contributed by atoms with Gasteiger partial charge < -0.3 is 37.0 Å². The highest BCUT2D eigenvalue weighted by atomic mass is 16.4. The van der Waals surface area contributed by atoms with Crippen LogP contribution in [-0.2, 0) is 40.0 Å². The Morgan fingerprint density at radius 1 is 1.08 bits per heavy atom. The quantitative estimate of drug-likeness (QED) is 0.118. The first-order chi connectivity index (χ1) is 17.8. The molecule has 1 rings (SSSR count). The molecule has 0 bridgehead atoms. The summed E-state index contributed by atoms with van der Waals surface area (Å²) in [7, 11) is 0. The third kappa shape index (κ3) is 11.9. The molecule has 0 saturated carbocycles. The lowest BCUT2D eigenvalue weighted by Gasteiger charge is -2.22. The van der Waals surface area contributed by atoms with Gasteiger partial charge in [0.25, 0.3) is 0 Å². The van der Waals surface area contributed by atoms with Crippen LogP contribution in [0.3, 0.4) is 0 Å². The average Bonchev–Trinajstić information content (AvgIpc) is 3.34. The number of aromatic amines is 1. The van der Waals surface area contributed by atoms with Crippen molar-refractivity contribution >= 4 is 41.6 Å². The molecule has 14 nitrogen and oxygen atoms in total. The van der Waals surface area contributed by atoms with Crippen LogP contribution in [0.5, 0.6) is 0 Å². The number of carboxylic acids is 1. The van der Waals surface area contributed by atoms with Gasteiger partial charge in [-0.25, -0.2) is 4.98 Å². The molecule has 4 unspecified atom stereocenters. The van der Waals surface area contributed by atoms with Gasteiger partial charge in [0, 0.05) is 55.8 Å². The summed E-state index contributed by atoms with van der Waals surface area (Å²) in [6, 6.07) is -2.31. The second-order valence-electron chi connectivity index (χ2n) is 8.69. The molecule has 4 amide bonds. The predicted molar refractivity (Wildman–Crippen MR) is 128 cm³/mol. The Balaban J connectivity index is 2.92. The molecule has 0 aliphatic rings. The highest BCUT2D eigenvalue weighted by Gasteiger charge is 2.29. The number of nitrogens with one attached hydrogen (secondary N) is 3. The van der Waals surface area contributed by atoms with Crippen molar-refractivity contribution in [3.63, 3.8) is 0 Å². The Bertz CT molecular complexity index is 1020. The molecule has 0 radical (unpaired) electrons. The van der Waals surface area contributed by atoms with Gasteiger partial charge in [-0.2, -0.15) is 0 Å². The number of aliphatic carboxylic acids is 1. The van der Waals surface area contributed by atoms with Crippen LogP contribution in [0, 0.1) is 11.8 Å². The number of primary amides is 2. The lowest BCUT2D eigenvalue weighted by Crippen LogP contribution is -2.47. The van der Waals surface area contributed by atoms with Crippen LogP contribution in [0.2, 0.25) is 0 Å². The first-order valence-electron chi connectivity index (χ1n) is 12.2. The Morgan fingerprint density at radius 3 is 2.32 bits per heavy atom. The van der Waals surface area contributed by atoms with Crippen LogP contribution < -0.4 is 22.1 Å². The first kappa shape index (κ1) is 29.1. The number of ketones is 1. The van der Waals surface area contributed by atoms with Gasteiger partial charge in [-0.05, 0) is 19.3 Å². The van der Waals surface area contributed by atoms with Crippen molar-refractivity contribution in [2.45, 2.75) is 70.4 Å². The fraction of sp³-hybridized carbons (Fsp3) is 0.565. The Labute approximate surface area is 214 Å². The minimum absolute atomic E-state index is 0.00593. The number of carbonyl (C=O) groups is 7. The van der Waals surface area contributed by atoms with E-state index in [0.29, 0.717) is 5.69 Å². The van der Waals surface area contributed by atoms with E-state index in [-0.39, 0.29) is 44.9 Å². The van der Waals surface area contributed by atoms with Gasteiger partial charge in [0.2, 0.25) is 23.6 Å². The number of Topliss-reactive ketones (excluding diaryl/α,β-unsaturated/α-hetero) is 1. The number of H-pyrrole nitrogens is 1. The van der Waals surface area contributed by atoms with Crippen LogP contribution in [0.1, 0.15) is 58.9 Å². The number of nitrogens with two attached hydrogens (primary N) is 2. The molecule has 0 aromatic carbocycles. The summed E-state index contributed by atoms with van der Waals surface area (Å²) in [5, 5.41) is 13.8. The van der Waals surface area contributed by atoms with Crippen LogP contribution in [0.15, 0.2) is 12.5 Å². The summed E-state index contributed by atoms with van der Waals surface area (Å²) < 4.78 is 6.99. The Hall–Kier alpha value is -4.10. The van der Waals surface area contributed by atoms with Crippen molar-refractivity contribution in [3.8, 4) is 0 Å². The first-order valence-corrected chi connectivity index (χ1v) is 11.7. The number of carbonyl (C=O) groups excluding carboxylic acids is 6. The molecule has 204 valence electrons. The van der Waals surface area contributed by atoms with Crippen LogP contribution >= 0.6 is 0 Å². The molecule has 0 saturated heterocycles. The van der Waals surface area contributed by atoms with E-state index in [1.807, 2.05) is 0 Å². The number of rotatable bonds is 19. The maximum atomic E-state index is 13.0. The van der Waals surface area contributed by atoms with E-state index in [1.54, 1.807) is 0 Å². The van der Waals surface area contributed by atoms with Crippen LogP contribution in [0.4, 0.5) is 0 Å².